The van der Waals surface area contributed by atoms with Gasteiger partial charge in [0.05, 0.1) is 11.7 Å². The second-order valence-electron chi connectivity index (χ2n) is 11.2. The fourth-order valence-corrected chi connectivity index (χ4v) is 5.59. The number of ether oxygens (including phenoxy) is 1. The van der Waals surface area contributed by atoms with Gasteiger partial charge < -0.3 is 25.6 Å². The van der Waals surface area contributed by atoms with E-state index >= 15 is 0 Å². The second-order valence-corrected chi connectivity index (χ2v) is 11.2. The van der Waals surface area contributed by atoms with E-state index in [1.165, 1.54) is 25.9 Å². The predicted octanol–water partition coefficient (Wildman–Crippen LogP) is 0.866. The maximum Gasteiger partial charge on any atom is 0.471 e. The van der Waals surface area contributed by atoms with Gasteiger partial charge in [-0.2, -0.15) is 18.4 Å². The van der Waals surface area contributed by atoms with Gasteiger partial charge in [0.1, 0.15) is 18.1 Å². The molecular weight excluding hydrogens is 495 g/mol. The summed E-state index contributed by atoms with van der Waals surface area (Å²) >= 11 is 0. The van der Waals surface area contributed by atoms with Gasteiger partial charge in [-0.05, 0) is 50.4 Å². The van der Waals surface area contributed by atoms with Crippen LogP contribution in [0.15, 0.2) is 0 Å². The molecule has 1 saturated carbocycles. The van der Waals surface area contributed by atoms with Crippen LogP contribution in [0.2, 0.25) is 0 Å². The van der Waals surface area contributed by atoms with E-state index in [1.807, 2.05) is 19.9 Å². The van der Waals surface area contributed by atoms with Crippen LogP contribution in [-0.2, 0) is 23.9 Å². The minimum absolute atomic E-state index is 0.0820. The van der Waals surface area contributed by atoms with Gasteiger partial charge in [-0.1, -0.05) is 13.8 Å². The van der Waals surface area contributed by atoms with Crippen molar-refractivity contribution in [2.24, 2.45) is 23.2 Å². The largest absolute Gasteiger partial charge is 0.471 e. The van der Waals surface area contributed by atoms with Crippen LogP contribution < -0.4 is 16.0 Å². The number of methoxy groups -OCH3 is 1. The van der Waals surface area contributed by atoms with E-state index in [2.05, 4.69) is 10.6 Å². The number of carbonyl (C=O) groups is 4. The van der Waals surface area contributed by atoms with Crippen LogP contribution in [0.5, 0.6) is 0 Å². The molecule has 206 valence electrons. The minimum atomic E-state index is -5.22. The lowest BCUT2D eigenvalue weighted by Crippen LogP contribution is -2.63. The van der Waals surface area contributed by atoms with Gasteiger partial charge in [0.15, 0.2) is 0 Å². The van der Waals surface area contributed by atoms with E-state index in [9.17, 15) is 37.6 Å². The molecule has 10 nitrogen and oxygen atoms in total. The van der Waals surface area contributed by atoms with Gasteiger partial charge in [0.2, 0.25) is 17.7 Å². The third kappa shape index (κ3) is 5.68. The molecule has 3 fully saturated rings. The normalized spacial score (nSPS) is 28.3. The van der Waals surface area contributed by atoms with E-state index in [-0.39, 0.29) is 36.1 Å². The van der Waals surface area contributed by atoms with E-state index in [4.69, 9.17) is 4.74 Å². The molecular formula is C24H34F3N5O5. The van der Waals surface area contributed by atoms with Crippen LogP contribution >= 0.6 is 0 Å². The Bertz CT molecular complexity index is 992. The topological polar surface area (TPSA) is 141 Å². The molecule has 0 radical (unpaired) electrons. The first-order valence-electron chi connectivity index (χ1n) is 12.3. The lowest BCUT2D eigenvalue weighted by molar-refractivity contribution is -0.178. The predicted molar refractivity (Wildman–Crippen MR) is 123 cm³/mol. The number of likely N-dealkylation sites (tertiary alicyclic amines) is 1. The standard InChI is InChI=1S/C24H34F3N5O5/c1-22(2)14-11-32(20(35)17(23(3,4)37-5)31-21(36)24(25,26)27)16(15(14)22)19(34)30-13(10-28)9-12-7-6-8-29-18(12)33/h12-17H,6-9,11H2,1-5H3,(H,29,33)(H,30,34)(H,31,36)/t12-,13-,14-,15?,16-,17+/m0/s1. The van der Waals surface area contributed by atoms with Crippen LogP contribution in [0.3, 0.4) is 0 Å². The Hall–Kier alpha value is -2.88. The van der Waals surface area contributed by atoms with E-state index < -0.39 is 53.5 Å². The molecule has 0 bridgehead atoms. The Kier molecular flexibility index (Phi) is 7.84. The molecule has 2 heterocycles. The Morgan fingerprint density at radius 1 is 1.27 bits per heavy atom. The summed E-state index contributed by atoms with van der Waals surface area (Å²) in [5.41, 5.74) is -1.82. The summed E-state index contributed by atoms with van der Waals surface area (Å²) in [4.78, 5) is 52.1. The molecule has 6 atom stereocenters. The molecule has 37 heavy (non-hydrogen) atoms. The molecule has 3 N–H and O–H groups in total. The maximum atomic E-state index is 13.6. The van der Waals surface area contributed by atoms with Gasteiger partial charge in [0, 0.05) is 26.1 Å². The fourth-order valence-electron chi connectivity index (χ4n) is 5.59. The third-order valence-corrected chi connectivity index (χ3v) is 8.15. The first-order chi connectivity index (χ1) is 17.1. The second kappa shape index (κ2) is 10.1. The number of amides is 4. The summed E-state index contributed by atoms with van der Waals surface area (Å²) in [5, 5.41) is 16.8. The zero-order valence-electron chi connectivity index (χ0n) is 21.6. The van der Waals surface area contributed by atoms with Crippen molar-refractivity contribution in [2.75, 3.05) is 20.2 Å². The summed E-state index contributed by atoms with van der Waals surface area (Å²) < 4.78 is 44.3. The Balaban J connectivity index is 1.83. The zero-order valence-corrected chi connectivity index (χ0v) is 21.6. The van der Waals surface area contributed by atoms with Crippen molar-refractivity contribution >= 4 is 23.6 Å². The molecule has 3 aliphatic rings. The highest BCUT2D eigenvalue weighted by Crippen LogP contribution is 2.65. The highest BCUT2D eigenvalue weighted by Gasteiger charge is 2.70. The number of nitrogens with zero attached hydrogens (tertiary/aromatic N) is 2. The summed E-state index contributed by atoms with van der Waals surface area (Å²) in [6.07, 6.45) is -3.78. The SMILES string of the molecule is COC(C)(C)[C@H](NC(=O)C(F)(F)F)C(=O)N1C[C@H]2C([C@H]1C(=O)N[C@H](C#N)C[C@@H]1CCCNC1=O)C2(C)C. The average molecular weight is 530 g/mol. The lowest BCUT2D eigenvalue weighted by atomic mass is 9.91. The van der Waals surface area contributed by atoms with Gasteiger partial charge in [-0.15, -0.1) is 0 Å². The number of rotatable bonds is 8. The number of alkyl halides is 3. The molecule has 4 amide bonds. The molecule has 2 aliphatic heterocycles. The quantitative estimate of drug-likeness (QED) is 0.426. The first kappa shape index (κ1) is 28.7. The monoisotopic (exact) mass is 529 g/mol. The van der Waals surface area contributed by atoms with Gasteiger partial charge in [-0.25, -0.2) is 0 Å². The van der Waals surface area contributed by atoms with Crippen LogP contribution in [0.1, 0.15) is 47.0 Å². The number of hydrogen-bond acceptors (Lipinski definition) is 6. The molecule has 2 saturated heterocycles. The Morgan fingerprint density at radius 2 is 1.92 bits per heavy atom. The summed E-state index contributed by atoms with van der Waals surface area (Å²) in [6, 6.07) is -1.77. The Labute approximate surface area is 213 Å². The fraction of sp³-hybridized carbons (Fsp3) is 0.792. The van der Waals surface area contributed by atoms with Gasteiger partial charge >= 0.3 is 12.1 Å². The van der Waals surface area contributed by atoms with Crippen LogP contribution in [0, 0.1) is 34.5 Å². The number of halogens is 3. The van der Waals surface area contributed by atoms with Crippen molar-refractivity contribution < 1.29 is 37.1 Å². The summed E-state index contributed by atoms with van der Waals surface area (Å²) in [6.45, 7) is 7.25. The highest BCUT2D eigenvalue weighted by atomic mass is 19.4. The van der Waals surface area contributed by atoms with Crippen molar-refractivity contribution in [3.8, 4) is 6.07 Å². The van der Waals surface area contributed by atoms with E-state index in [0.29, 0.717) is 13.0 Å². The summed E-state index contributed by atoms with van der Waals surface area (Å²) in [7, 11) is 1.20. The smallest absolute Gasteiger partial charge is 0.376 e. The van der Waals surface area contributed by atoms with Gasteiger partial charge in [0.25, 0.3) is 0 Å². The number of piperidine rings is 2. The van der Waals surface area contributed by atoms with Crippen molar-refractivity contribution in [1.29, 1.82) is 5.26 Å². The zero-order chi connectivity index (χ0) is 27.9. The number of carbonyl (C=O) groups excluding carboxylic acids is 4. The van der Waals surface area contributed by atoms with Crippen molar-refractivity contribution in [1.82, 2.24) is 20.9 Å². The van der Waals surface area contributed by atoms with E-state index in [0.717, 1.165) is 6.42 Å². The maximum absolute atomic E-state index is 13.6. The Morgan fingerprint density at radius 3 is 2.46 bits per heavy atom. The number of hydrogen-bond donors (Lipinski definition) is 3. The van der Waals surface area contributed by atoms with E-state index in [1.54, 1.807) is 5.32 Å². The molecule has 0 aromatic rings. The van der Waals surface area contributed by atoms with Crippen molar-refractivity contribution in [3.63, 3.8) is 0 Å². The molecule has 1 unspecified atom stereocenters. The third-order valence-electron chi connectivity index (χ3n) is 8.15. The molecule has 0 aromatic carbocycles. The minimum Gasteiger partial charge on any atom is -0.376 e. The van der Waals surface area contributed by atoms with Crippen LogP contribution in [0.25, 0.3) is 0 Å². The summed E-state index contributed by atoms with van der Waals surface area (Å²) in [5.74, 6) is -4.78. The molecule has 13 heteroatoms. The molecule has 0 spiro atoms. The van der Waals surface area contributed by atoms with Crippen LogP contribution in [-0.4, -0.2) is 78.6 Å². The number of nitriles is 1. The van der Waals surface area contributed by atoms with Crippen molar-refractivity contribution in [3.05, 3.63) is 0 Å². The number of fused-ring (bicyclic) bond motifs is 1. The van der Waals surface area contributed by atoms with Crippen molar-refractivity contribution in [2.45, 2.75) is 76.9 Å². The number of nitrogens with one attached hydrogen (secondary N) is 3. The van der Waals surface area contributed by atoms with Gasteiger partial charge in [-0.3, -0.25) is 19.2 Å². The molecule has 3 rings (SSSR count). The molecule has 1 aliphatic carbocycles. The molecule has 0 aromatic heterocycles. The highest BCUT2D eigenvalue weighted by molar-refractivity contribution is 5.95. The van der Waals surface area contributed by atoms with Crippen LogP contribution in [0.4, 0.5) is 13.2 Å². The lowest BCUT2D eigenvalue weighted by Gasteiger charge is -2.38. The average Bonchev–Trinajstić information content (AvgIpc) is 3.15. The first-order valence-corrected chi connectivity index (χ1v) is 12.3.